The monoisotopic (exact) mass is 177 g/mol. The molecule has 1 fully saturated rings. The number of primary amides is 1. The van der Waals surface area contributed by atoms with E-state index in [0.717, 1.165) is 25.7 Å². The fourth-order valence-corrected chi connectivity index (χ4v) is 1.99. The van der Waals surface area contributed by atoms with Crippen LogP contribution < -0.4 is 5.73 Å². The van der Waals surface area contributed by atoms with Crippen LogP contribution in [-0.2, 0) is 4.79 Å². The van der Waals surface area contributed by atoms with Crippen molar-refractivity contribution in [3.05, 3.63) is 23.3 Å². The first-order chi connectivity index (χ1) is 6.15. The highest BCUT2D eigenvalue weighted by atomic mass is 16.1. The molecule has 0 aliphatic heterocycles. The molecule has 2 aliphatic rings. The van der Waals surface area contributed by atoms with Crippen LogP contribution in [0.15, 0.2) is 23.3 Å². The number of allylic oxidation sites excluding steroid dienone is 3. The van der Waals surface area contributed by atoms with E-state index in [-0.39, 0.29) is 11.3 Å². The van der Waals surface area contributed by atoms with Gasteiger partial charge in [0, 0.05) is 0 Å². The Morgan fingerprint density at radius 2 is 2.08 bits per heavy atom. The van der Waals surface area contributed by atoms with Gasteiger partial charge >= 0.3 is 0 Å². The van der Waals surface area contributed by atoms with Crippen molar-refractivity contribution in [1.82, 2.24) is 0 Å². The molecule has 0 atom stereocenters. The van der Waals surface area contributed by atoms with Crippen LogP contribution in [0.2, 0.25) is 0 Å². The molecule has 2 heteroatoms. The van der Waals surface area contributed by atoms with Crippen LogP contribution in [-0.4, -0.2) is 5.91 Å². The van der Waals surface area contributed by atoms with Crippen molar-refractivity contribution < 1.29 is 4.79 Å². The summed E-state index contributed by atoms with van der Waals surface area (Å²) in [5.74, 6) is -0.133. The summed E-state index contributed by atoms with van der Waals surface area (Å²) in [6, 6.07) is 0. The Bertz CT molecular complexity index is 308. The van der Waals surface area contributed by atoms with E-state index in [1.54, 1.807) is 0 Å². The lowest BCUT2D eigenvalue weighted by atomic mass is 9.86. The van der Waals surface area contributed by atoms with Gasteiger partial charge in [0.05, 0.1) is 5.41 Å². The number of amides is 1. The lowest BCUT2D eigenvalue weighted by molar-refractivity contribution is -0.121. The van der Waals surface area contributed by atoms with E-state index in [4.69, 9.17) is 5.73 Å². The summed E-state index contributed by atoms with van der Waals surface area (Å²) in [5, 5.41) is 0. The number of carbonyl (C=O) groups is 1. The van der Waals surface area contributed by atoms with Gasteiger partial charge in [-0.15, -0.1) is 0 Å². The summed E-state index contributed by atoms with van der Waals surface area (Å²) < 4.78 is 0. The Balaban J connectivity index is 2.23. The van der Waals surface area contributed by atoms with Crippen molar-refractivity contribution in [1.29, 1.82) is 0 Å². The zero-order valence-corrected chi connectivity index (χ0v) is 7.97. The molecule has 1 amide bonds. The predicted molar refractivity (Wildman–Crippen MR) is 51.9 cm³/mol. The Hall–Kier alpha value is -1.05. The number of rotatable bonds is 2. The summed E-state index contributed by atoms with van der Waals surface area (Å²) in [4.78, 5) is 11.2. The number of carbonyl (C=O) groups excluding carboxylic acids is 1. The Kier molecular flexibility index (Phi) is 1.79. The second-order valence-corrected chi connectivity index (χ2v) is 4.15. The molecule has 70 valence electrons. The molecule has 2 aliphatic carbocycles. The highest BCUT2D eigenvalue weighted by Crippen LogP contribution is 2.53. The molecule has 0 aromatic rings. The van der Waals surface area contributed by atoms with E-state index < -0.39 is 0 Å². The number of hydrogen-bond acceptors (Lipinski definition) is 1. The van der Waals surface area contributed by atoms with Crippen LogP contribution in [0.1, 0.15) is 32.6 Å². The zero-order chi connectivity index (χ0) is 9.47. The van der Waals surface area contributed by atoms with E-state index in [2.05, 4.69) is 19.1 Å². The molecule has 0 aromatic heterocycles. The first-order valence-corrected chi connectivity index (χ1v) is 4.82. The molecular formula is C11H15NO. The van der Waals surface area contributed by atoms with Crippen LogP contribution in [0.3, 0.4) is 0 Å². The summed E-state index contributed by atoms with van der Waals surface area (Å²) in [6.07, 6.45) is 8.23. The van der Waals surface area contributed by atoms with Gasteiger partial charge in [0.2, 0.25) is 5.91 Å². The Morgan fingerprint density at radius 1 is 1.38 bits per heavy atom. The summed E-state index contributed by atoms with van der Waals surface area (Å²) >= 11 is 0. The first kappa shape index (κ1) is 8.54. The van der Waals surface area contributed by atoms with Gasteiger partial charge in [0.15, 0.2) is 0 Å². The summed E-state index contributed by atoms with van der Waals surface area (Å²) in [7, 11) is 0. The minimum atomic E-state index is -0.239. The molecule has 0 unspecified atom stereocenters. The van der Waals surface area contributed by atoms with Crippen LogP contribution in [0.4, 0.5) is 0 Å². The maximum atomic E-state index is 11.2. The van der Waals surface area contributed by atoms with Gasteiger partial charge in [-0.1, -0.05) is 23.3 Å². The number of hydrogen-bond donors (Lipinski definition) is 1. The van der Waals surface area contributed by atoms with Crippen molar-refractivity contribution in [3.8, 4) is 0 Å². The topological polar surface area (TPSA) is 43.1 Å². The van der Waals surface area contributed by atoms with Crippen LogP contribution in [0, 0.1) is 5.41 Å². The van der Waals surface area contributed by atoms with E-state index in [1.807, 2.05) is 0 Å². The molecule has 0 aromatic carbocycles. The Labute approximate surface area is 78.5 Å². The maximum absolute atomic E-state index is 11.2. The second kappa shape index (κ2) is 2.72. The van der Waals surface area contributed by atoms with Gasteiger partial charge < -0.3 is 5.73 Å². The lowest BCUT2D eigenvalue weighted by Crippen LogP contribution is -2.27. The van der Waals surface area contributed by atoms with E-state index in [1.165, 1.54) is 11.1 Å². The van der Waals surface area contributed by atoms with Crippen molar-refractivity contribution in [3.63, 3.8) is 0 Å². The lowest BCUT2D eigenvalue weighted by Gasteiger charge is -2.18. The van der Waals surface area contributed by atoms with Crippen LogP contribution >= 0.6 is 0 Å². The van der Waals surface area contributed by atoms with Crippen molar-refractivity contribution in [2.75, 3.05) is 0 Å². The second-order valence-electron chi connectivity index (χ2n) is 4.15. The van der Waals surface area contributed by atoms with Crippen molar-refractivity contribution in [2.45, 2.75) is 32.6 Å². The molecule has 0 radical (unpaired) electrons. The summed E-state index contributed by atoms with van der Waals surface area (Å²) in [6.45, 7) is 2.12. The third-order valence-electron chi connectivity index (χ3n) is 3.19. The predicted octanol–water partition coefficient (Wildman–Crippen LogP) is 1.92. The maximum Gasteiger partial charge on any atom is 0.227 e. The molecule has 2 rings (SSSR count). The SMILES string of the molecule is CC1=CC=C(C2(C(N)=O)CC2)CC1. The number of nitrogens with two attached hydrogens (primary N) is 1. The first-order valence-electron chi connectivity index (χ1n) is 4.82. The normalized spacial score (nSPS) is 24.7. The highest BCUT2D eigenvalue weighted by Gasteiger charge is 2.51. The van der Waals surface area contributed by atoms with Gasteiger partial charge in [0.1, 0.15) is 0 Å². The smallest absolute Gasteiger partial charge is 0.227 e. The standard InChI is InChI=1S/C11H15NO/c1-8-2-4-9(5-3-8)11(6-7-11)10(12)13/h2,4H,3,5-7H2,1H3,(H2,12,13). The fraction of sp³-hybridized carbons (Fsp3) is 0.545. The van der Waals surface area contributed by atoms with Crippen LogP contribution in [0.5, 0.6) is 0 Å². The third kappa shape index (κ3) is 1.30. The zero-order valence-electron chi connectivity index (χ0n) is 7.97. The molecule has 0 bridgehead atoms. The highest BCUT2D eigenvalue weighted by molar-refractivity contribution is 5.87. The van der Waals surface area contributed by atoms with Gasteiger partial charge in [0.25, 0.3) is 0 Å². The molecule has 13 heavy (non-hydrogen) atoms. The van der Waals surface area contributed by atoms with E-state index in [0.29, 0.717) is 0 Å². The van der Waals surface area contributed by atoms with Gasteiger partial charge in [-0.25, -0.2) is 0 Å². The Morgan fingerprint density at radius 3 is 2.46 bits per heavy atom. The van der Waals surface area contributed by atoms with Crippen LogP contribution in [0.25, 0.3) is 0 Å². The molecule has 2 N–H and O–H groups in total. The largest absolute Gasteiger partial charge is 0.369 e. The molecule has 1 saturated carbocycles. The van der Waals surface area contributed by atoms with Gasteiger partial charge in [-0.3, -0.25) is 4.79 Å². The van der Waals surface area contributed by atoms with E-state index >= 15 is 0 Å². The molecule has 0 spiro atoms. The molecule has 2 nitrogen and oxygen atoms in total. The summed E-state index contributed by atoms with van der Waals surface area (Å²) in [5.41, 5.74) is 7.81. The average molecular weight is 177 g/mol. The molecular weight excluding hydrogens is 162 g/mol. The third-order valence-corrected chi connectivity index (χ3v) is 3.19. The quantitative estimate of drug-likeness (QED) is 0.688. The molecule has 0 heterocycles. The van der Waals surface area contributed by atoms with Crippen molar-refractivity contribution >= 4 is 5.91 Å². The van der Waals surface area contributed by atoms with E-state index in [9.17, 15) is 4.79 Å². The van der Waals surface area contributed by atoms with Gasteiger partial charge in [-0.2, -0.15) is 0 Å². The minimum absolute atomic E-state index is 0.133. The molecule has 0 saturated heterocycles. The van der Waals surface area contributed by atoms with Gasteiger partial charge in [-0.05, 0) is 32.6 Å². The minimum Gasteiger partial charge on any atom is -0.369 e. The average Bonchev–Trinajstić information content (AvgIpc) is 2.86. The van der Waals surface area contributed by atoms with Crippen molar-refractivity contribution in [2.24, 2.45) is 11.1 Å². The fourth-order valence-electron chi connectivity index (χ4n) is 1.99.